The fourth-order valence-electron chi connectivity index (χ4n) is 0.978. The van der Waals surface area contributed by atoms with Crippen molar-refractivity contribution in [1.29, 1.82) is 0 Å². The Bertz CT molecular complexity index is 231. The molecule has 16 heavy (non-hydrogen) atoms. The molecule has 0 aromatic rings. The summed E-state index contributed by atoms with van der Waals surface area (Å²) >= 11 is 0. The van der Waals surface area contributed by atoms with E-state index in [2.05, 4.69) is 65.7 Å². The second-order valence-corrected chi connectivity index (χ2v) is 17.6. The van der Waals surface area contributed by atoms with E-state index >= 15 is 0 Å². The molecule has 0 spiro atoms. The molecule has 0 saturated heterocycles. The van der Waals surface area contributed by atoms with E-state index in [1.54, 1.807) is 0 Å². The van der Waals surface area contributed by atoms with E-state index in [-0.39, 0.29) is 0 Å². The minimum Gasteiger partial charge on any atom is -0.413 e. The quantitative estimate of drug-likeness (QED) is 0.503. The minimum atomic E-state index is -1.54. The Labute approximate surface area is 104 Å². The highest BCUT2D eigenvalue weighted by molar-refractivity contribution is 6.76. The Morgan fingerprint density at radius 2 is 1.44 bits per heavy atom. The summed E-state index contributed by atoms with van der Waals surface area (Å²) in [7, 11) is -2.46. The summed E-state index contributed by atoms with van der Waals surface area (Å²) < 4.78 is 6.08. The van der Waals surface area contributed by atoms with Gasteiger partial charge in [0.25, 0.3) is 0 Å². The van der Waals surface area contributed by atoms with Gasteiger partial charge in [-0.2, -0.15) is 0 Å². The molecule has 0 aliphatic heterocycles. The molecule has 0 N–H and O–H groups in total. The van der Waals surface area contributed by atoms with Crippen LogP contribution in [-0.4, -0.2) is 23.0 Å². The van der Waals surface area contributed by atoms with Crippen molar-refractivity contribution in [1.82, 2.24) is 0 Å². The van der Waals surface area contributed by atoms with Crippen molar-refractivity contribution in [3.63, 3.8) is 0 Å². The first kappa shape index (κ1) is 16.1. The lowest BCUT2D eigenvalue weighted by atomic mass is 10.2. The van der Waals surface area contributed by atoms with Gasteiger partial charge < -0.3 is 4.43 Å². The molecule has 0 fully saturated rings. The van der Waals surface area contributed by atoms with Crippen LogP contribution in [0.2, 0.25) is 43.8 Å². The lowest BCUT2D eigenvalue weighted by molar-refractivity contribution is 0.328. The molecule has 0 unspecified atom stereocenters. The number of hydrogen-bond acceptors (Lipinski definition) is 1. The SMILES string of the molecule is CC(C)(C)[Si](C)(C)OC/C=C/C[Si](C)(C)C. The second kappa shape index (κ2) is 5.65. The Balaban J connectivity index is 4.00. The van der Waals surface area contributed by atoms with E-state index in [9.17, 15) is 0 Å². The summed E-state index contributed by atoms with van der Waals surface area (Å²) in [6.07, 6.45) is 4.51. The van der Waals surface area contributed by atoms with Gasteiger partial charge in [0.2, 0.25) is 0 Å². The topological polar surface area (TPSA) is 9.23 Å². The van der Waals surface area contributed by atoms with Crippen molar-refractivity contribution in [2.75, 3.05) is 6.61 Å². The molecule has 0 aliphatic carbocycles. The van der Waals surface area contributed by atoms with E-state index in [0.717, 1.165) is 6.61 Å². The lowest BCUT2D eigenvalue weighted by Crippen LogP contribution is -2.40. The predicted octanol–water partition coefficient (Wildman–Crippen LogP) is 4.90. The molecular weight excluding hydrogens is 228 g/mol. The van der Waals surface area contributed by atoms with Crippen LogP contribution in [0, 0.1) is 0 Å². The van der Waals surface area contributed by atoms with Crippen LogP contribution in [0.4, 0.5) is 0 Å². The van der Waals surface area contributed by atoms with Gasteiger partial charge in [-0.05, 0) is 24.2 Å². The summed E-state index contributed by atoms with van der Waals surface area (Å²) in [4.78, 5) is 0. The molecule has 0 bridgehead atoms. The molecule has 0 aromatic carbocycles. The Hall–Kier alpha value is 0.134. The van der Waals surface area contributed by atoms with Gasteiger partial charge in [0.05, 0.1) is 6.61 Å². The van der Waals surface area contributed by atoms with Gasteiger partial charge in [-0.15, -0.1) is 0 Å². The fourth-order valence-corrected chi connectivity index (χ4v) is 2.80. The molecule has 0 radical (unpaired) electrons. The van der Waals surface area contributed by atoms with Crippen molar-refractivity contribution in [2.24, 2.45) is 0 Å². The van der Waals surface area contributed by atoms with Crippen LogP contribution in [0.15, 0.2) is 12.2 Å². The van der Waals surface area contributed by atoms with Crippen molar-refractivity contribution >= 4 is 16.4 Å². The van der Waals surface area contributed by atoms with Crippen molar-refractivity contribution in [3.05, 3.63) is 12.2 Å². The van der Waals surface area contributed by atoms with Crippen LogP contribution in [0.1, 0.15) is 20.8 Å². The molecule has 0 amide bonds. The van der Waals surface area contributed by atoms with Crippen molar-refractivity contribution in [3.8, 4) is 0 Å². The zero-order chi connectivity index (χ0) is 13.0. The van der Waals surface area contributed by atoms with Crippen LogP contribution < -0.4 is 0 Å². The van der Waals surface area contributed by atoms with E-state index in [1.165, 1.54) is 6.04 Å². The van der Waals surface area contributed by atoms with Crippen LogP contribution in [-0.2, 0) is 4.43 Å². The molecule has 0 heterocycles. The minimum absolute atomic E-state index is 0.319. The average Bonchev–Trinajstić information content (AvgIpc) is 1.98. The highest BCUT2D eigenvalue weighted by atomic mass is 28.4. The largest absolute Gasteiger partial charge is 0.413 e. The molecule has 0 saturated carbocycles. The molecule has 3 heteroatoms. The normalized spacial score (nSPS) is 14.8. The van der Waals surface area contributed by atoms with E-state index < -0.39 is 16.4 Å². The monoisotopic (exact) mass is 258 g/mol. The highest BCUT2D eigenvalue weighted by Gasteiger charge is 2.36. The summed E-state index contributed by atoms with van der Waals surface area (Å²) in [5.74, 6) is 0. The molecular formula is C13H30OSi2. The first-order valence-electron chi connectivity index (χ1n) is 6.25. The second-order valence-electron chi connectivity index (χ2n) is 7.31. The van der Waals surface area contributed by atoms with Crippen LogP contribution in [0.3, 0.4) is 0 Å². The number of allylic oxidation sites excluding steroid dienone is 1. The van der Waals surface area contributed by atoms with Crippen LogP contribution in [0.25, 0.3) is 0 Å². The van der Waals surface area contributed by atoms with Crippen molar-refractivity contribution in [2.45, 2.75) is 64.6 Å². The smallest absolute Gasteiger partial charge is 0.192 e. The van der Waals surface area contributed by atoms with E-state index in [4.69, 9.17) is 4.43 Å². The van der Waals surface area contributed by atoms with Gasteiger partial charge in [0.1, 0.15) is 0 Å². The van der Waals surface area contributed by atoms with Gasteiger partial charge >= 0.3 is 0 Å². The number of rotatable bonds is 5. The zero-order valence-corrected chi connectivity index (χ0v) is 14.5. The zero-order valence-electron chi connectivity index (χ0n) is 12.5. The summed E-state index contributed by atoms with van der Waals surface area (Å²) in [5.41, 5.74) is 0. The van der Waals surface area contributed by atoms with Gasteiger partial charge in [0, 0.05) is 8.07 Å². The Kier molecular flexibility index (Phi) is 5.70. The molecule has 96 valence electrons. The third-order valence-corrected chi connectivity index (χ3v) is 9.20. The highest BCUT2D eigenvalue weighted by Crippen LogP contribution is 2.36. The summed E-state index contributed by atoms with van der Waals surface area (Å²) in [6, 6.07) is 1.26. The van der Waals surface area contributed by atoms with E-state index in [1.807, 2.05) is 0 Å². The third kappa shape index (κ3) is 6.66. The van der Waals surface area contributed by atoms with E-state index in [0.29, 0.717) is 5.04 Å². The average molecular weight is 259 g/mol. The molecule has 1 nitrogen and oxygen atoms in total. The maximum Gasteiger partial charge on any atom is 0.192 e. The first-order valence-corrected chi connectivity index (χ1v) is 12.9. The summed E-state index contributed by atoms with van der Waals surface area (Å²) in [5, 5.41) is 0.319. The van der Waals surface area contributed by atoms with Gasteiger partial charge in [0.15, 0.2) is 8.32 Å². The lowest BCUT2D eigenvalue weighted by Gasteiger charge is -2.35. The van der Waals surface area contributed by atoms with Gasteiger partial charge in [-0.25, -0.2) is 0 Å². The molecule has 0 aliphatic rings. The summed E-state index contributed by atoms with van der Waals surface area (Å²) in [6.45, 7) is 19.4. The standard InChI is InChI=1S/C13H30OSi2/c1-13(2,3)16(7,8)14-11-9-10-12-15(4,5)6/h9-10H,11-12H2,1-8H3/b10-9+. The molecule has 0 aromatic heterocycles. The Morgan fingerprint density at radius 3 is 1.81 bits per heavy atom. The molecule has 0 atom stereocenters. The maximum absolute atomic E-state index is 6.08. The van der Waals surface area contributed by atoms with Crippen LogP contribution in [0.5, 0.6) is 0 Å². The van der Waals surface area contributed by atoms with Gasteiger partial charge in [-0.1, -0.05) is 52.6 Å². The fraction of sp³-hybridized carbons (Fsp3) is 0.846. The van der Waals surface area contributed by atoms with Gasteiger partial charge in [-0.3, -0.25) is 0 Å². The third-order valence-electron chi connectivity index (χ3n) is 3.24. The first-order chi connectivity index (χ1) is 6.96. The van der Waals surface area contributed by atoms with Crippen molar-refractivity contribution < 1.29 is 4.43 Å². The number of hydrogen-bond donors (Lipinski definition) is 0. The van der Waals surface area contributed by atoms with Crippen LogP contribution >= 0.6 is 0 Å². The maximum atomic E-state index is 6.08. The predicted molar refractivity (Wildman–Crippen MR) is 80.4 cm³/mol. The molecule has 0 rings (SSSR count). The Morgan fingerprint density at radius 1 is 0.938 bits per heavy atom.